The van der Waals surface area contributed by atoms with E-state index >= 15 is 0 Å². The second-order valence-corrected chi connectivity index (χ2v) is 7.80. The highest BCUT2D eigenvalue weighted by molar-refractivity contribution is 7.91. The molecule has 2 heterocycles. The molecule has 1 saturated heterocycles. The van der Waals surface area contributed by atoms with E-state index in [2.05, 4.69) is 10.0 Å². The third-order valence-corrected chi connectivity index (χ3v) is 6.07. The van der Waals surface area contributed by atoms with Gasteiger partial charge in [-0.05, 0) is 32.5 Å². The summed E-state index contributed by atoms with van der Waals surface area (Å²) in [5.41, 5.74) is -0.480. The highest BCUT2D eigenvalue weighted by Gasteiger charge is 2.35. The van der Waals surface area contributed by atoms with Crippen molar-refractivity contribution in [1.82, 2.24) is 10.0 Å². The van der Waals surface area contributed by atoms with Crippen LogP contribution in [0, 0.1) is 0 Å². The van der Waals surface area contributed by atoms with Gasteiger partial charge in [0, 0.05) is 18.0 Å². The van der Waals surface area contributed by atoms with Crippen LogP contribution in [0.5, 0.6) is 0 Å². The Morgan fingerprint density at radius 1 is 1.50 bits per heavy atom. The molecule has 1 aliphatic heterocycles. The Hall–Kier alpha value is -0.470. The molecule has 1 fully saturated rings. The van der Waals surface area contributed by atoms with Gasteiger partial charge in [0.25, 0.3) is 10.0 Å². The Labute approximate surface area is 112 Å². The second kappa shape index (κ2) is 5.26. The summed E-state index contributed by atoms with van der Waals surface area (Å²) in [7, 11) is -1.60. The van der Waals surface area contributed by atoms with Gasteiger partial charge in [0.15, 0.2) is 0 Å². The fourth-order valence-corrected chi connectivity index (χ4v) is 4.68. The lowest BCUT2D eigenvalue weighted by molar-refractivity contribution is 0.178. The Morgan fingerprint density at radius 2 is 2.28 bits per heavy atom. The highest BCUT2D eigenvalue weighted by atomic mass is 32.2. The summed E-state index contributed by atoms with van der Waals surface area (Å²) in [6.45, 7) is 3.59. The van der Waals surface area contributed by atoms with Crippen LogP contribution in [0.2, 0.25) is 0 Å². The standard InChI is InChI=1S/C11H18N2O3S2/c1-11(5-6-16-8-11)13-18(14,15)10-4-3-9(17-10)7-12-2/h3-4,12-13H,5-8H2,1-2H3. The molecule has 1 aromatic heterocycles. The molecule has 2 N–H and O–H groups in total. The zero-order chi connectivity index (χ0) is 13.2. The molecule has 1 unspecified atom stereocenters. The number of sulfonamides is 1. The van der Waals surface area contributed by atoms with Gasteiger partial charge in [-0.3, -0.25) is 0 Å². The molecule has 102 valence electrons. The van der Waals surface area contributed by atoms with Crippen molar-refractivity contribution < 1.29 is 13.2 Å². The summed E-state index contributed by atoms with van der Waals surface area (Å²) in [5.74, 6) is 0. The van der Waals surface area contributed by atoms with Crippen LogP contribution < -0.4 is 10.0 Å². The topological polar surface area (TPSA) is 67.4 Å². The number of rotatable bonds is 5. The third kappa shape index (κ3) is 3.10. The van der Waals surface area contributed by atoms with E-state index in [9.17, 15) is 8.42 Å². The van der Waals surface area contributed by atoms with Crippen molar-refractivity contribution in [2.75, 3.05) is 20.3 Å². The third-order valence-electron chi connectivity index (χ3n) is 2.85. The van der Waals surface area contributed by atoms with Crippen molar-refractivity contribution >= 4 is 21.4 Å². The van der Waals surface area contributed by atoms with E-state index < -0.39 is 15.6 Å². The number of hydrogen-bond donors (Lipinski definition) is 2. The van der Waals surface area contributed by atoms with E-state index in [0.717, 1.165) is 4.88 Å². The molecule has 1 aliphatic rings. The molecule has 0 aromatic carbocycles. The maximum Gasteiger partial charge on any atom is 0.250 e. The van der Waals surface area contributed by atoms with Gasteiger partial charge in [-0.25, -0.2) is 13.1 Å². The summed E-state index contributed by atoms with van der Waals surface area (Å²) >= 11 is 1.29. The van der Waals surface area contributed by atoms with Crippen LogP contribution in [-0.2, 0) is 21.3 Å². The van der Waals surface area contributed by atoms with Crippen molar-refractivity contribution in [1.29, 1.82) is 0 Å². The molecule has 2 rings (SSSR count). The molecular weight excluding hydrogens is 272 g/mol. The van der Waals surface area contributed by atoms with Crippen molar-refractivity contribution in [3.05, 3.63) is 17.0 Å². The monoisotopic (exact) mass is 290 g/mol. The van der Waals surface area contributed by atoms with Gasteiger partial charge in [-0.1, -0.05) is 0 Å². The number of thiophene rings is 1. The van der Waals surface area contributed by atoms with Crippen LogP contribution in [0.3, 0.4) is 0 Å². The average Bonchev–Trinajstić information content (AvgIpc) is 2.87. The number of ether oxygens (including phenoxy) is 1. The molecular formula is C11H18N2O3S2. The lowest BCUT2D eigenvalue weighted by Gasteiger charge is -2.22. The summed E-state index contributed by atoms with van der Waals surface area (Å²) < 4.78 is 32.8. The largest absolute Gasteiger partial charge is 0.379 e. The average molecular weight is 290 g/mol. The minimum atomic E-state index is -3.44. The Balaban J connectivity index is 2.14. The molecule has 1 atom stereocenters. The molecule has 7 heteroatoms. The van der Waals surface area contributed by atoms with Crippen molar-refractivity contribution in [2.45, 2.75) is 29.6 Å². The summed E-state index contributed by atoms with van der Waals surface area (Å²) in [5, 5.41) is 3.00. The molecule has 0 amide bonds. The van der Waals surface area contributed by atoms with Gasteiger partial charge < -0.3 is 10.1 Å². The fraction of sp³-hybridized carbons (Fsp3) is 0.636. The Morgan fingerprint density at radius 3 is 2.89 bits per heavy atom. The lowest BCUT2D eigenvalue weighted by Crippen LogP contribution is -2.46. The molecule has 0 bridgehead atoms. The minimum Gasteiger partial charge on any atom is -0.379 e. The van der Waals surface area contributed by atoms with Gasteiger partial charge in [0.2, 0.25) is 0 Å². The summed E-state index contributed by atoms with van der Waals surface area (Å²) in [6, 6.07) is 3.49. The summed E-state index contributed by atoms with van der Waals surface area (Å²) in [4.78, 5) is 1.01. The Bertz CT molecular complexity index is 504. The van der Waals surface area contributed by atoms with Crippen LogP contribution in [0.4, 0.5) is 0 Å². The van der Waals surface area contributed by atoms with E-state index in [4.69, 9.17) is 4.74 Å². The molecule has 5 nitrogen and oxygen atoms in total. The minimum absolute atomic E-state index is 0.362. The molecule has 0 aliphatic carbocycles. The van der Waals surface area contributed by atoms with Gasteiger partial charge in [-0.15, -0.1) is 11.3 Å². The van der Waals surface area contributed by atoms with Gasteiger partial charge in [0.05, 0.1) is 12.1 Å². The van der Waals surface area contributed by atoms with Crippen molar-refractivity contribution in [2.24, 2.45) is 0 Å². The lowest BCUT2D eigenvalue weighted by atomic mass is 10.0. The van der Waals surface area contributed by atoms with E-state index in [0.29, 0.717) is 30.4 Å². The van der Waals surface area contributed by atoms with Crippen molar-refractivity contribution in [3.63, 3.8) is 0 Å². The van der Waals surface area contributed by atoms with E-state index in [1.165, 1.54) is 11.3 Å². The fourth-order valence-electron chi connectivity index (χ4n) is 1.89. The SMILES string of the molecule is CNCc1ccc(S(=O)(=O)NC2(C)CCOC2)s1. The van der Waals surface area contributed by atoms with Crippen LogP contribution in [0.25, 0.3) is 0 Å². The highest BCUT2D eigenvalue weighted by Crippen LogP contribution is 2.25. The van der Waals surface area contributed by atoms with Gasteiger partial charge in [-0.2, -0.15) is 0 Å². The normalized spacial score (nSPS) is 24.6. The molecule has 0 spiro atoms. The van der Waals surface area contributed by atoms with E-state index in [-0.39, 0.29) is 0 Å². The van der Waals surface area contributed by atoms with Gasteiger partial charge in [0.1, 0.15) is 4.21 Å². The van der Waals surface area contributed by atoms with Crippen LogP contribution in [0.1, 0.15) is 18.2 Å². The number of hydrogen-bond acceptors (Lipinski definition) is 5. The second-order valence-electron chi connectivity index (χ2n) is 4.72. The van der Waals surface area contributed by atoms with E-state index in [1.807, 2.05) is 20.0 Å². The van der Waals surface area contributed by atoms with Crippen LogP contribution >= 0.6 is 11.3 Å². The maximum atomic E-state index is 12.2. The zero-order valence-corrected chi connectivity index (χ0v) is 12.2. The predicted octanol–water partition coefficient (Wildman–Crippen LogP) is 0.925. The summed E-state index contributed by atoms with van der Waals surface area (Å²) in [6.07, 6.45) is 0.709. The first kappa shape index (κ1) is 14.0. The first-order chi connectivity index (χ1) is 8.45. The molecule has 18 heavy (non-hydrogen) atoms. The Kier molecular flexibility index (Phi) is 4.08. The van der Waals surface area contributed by atoms with Crippen LogP contribution in [-0.4, -0.2) is 34.2 Å². The number of nitrogens with one attached hydrogen (secondary N) is 2. The molecule has 1 aromatic rings. The molecule has 0 radical (unpaired) electrons. The first-order valence-corrected chi connectivity index (χ1v) is 8.10. The quantitative estimate of drug-likeness (QED) is 0.846. The van der Waals surface area contributed by atoms with E-state index in [1.54, 1.807) is 6.07 Å². The van der Waals surface area contributed by atoms with Crippen LogP contribution in [0.15, 0.2) is 16.3 Å². The molecule has 0 saturated carbocycles. The van der Waals surface area contributed by atoms with Gasteiger partial charge >= 0.3 is 0 Å². The first-order valence-electron chi connectivity index (χ1n) is 5.80. The maximum absolute atomic E-state index is 12.2. The predicted molar refractivity (Wildman–Crippen MR) is 71.2 cm³/mol. The zero-order valence-electron chi connectivity index (χ0n) is 10.5. The smallest absolute Gasteiger partial charge is 0.250 e. The van der Waals surface area contributed by atoms with Crippen molar-refractivity contribution in [3.8, 4) is 0 Å².